The van der Waals surface area contributed by atoms with Crippen molar-refractivity contribution >= 4 is 21.6 Å². The molecule has 21 heavy (non-hydrogen) atoms. The molecule has 0 aliphatic rings. The molecular formula is C15H13ClN2O2S. The summed E-state index contributed by atoms with van der Waals surface area (Å²) < 4.78 is 26.9. The van der Waals surface area contributed by atoms with Gasteiger partial charge in [-0.05, 0) is 30.7 Å². The topological polar surface area (TPSA) is 70.0 Å². The van der Waals surface area contributed by atoms with Gasteiger partial charge >= 0.3 is 0 Å². The summed E-state index contributed by atoms with van der Waals surface area (Å²) in [6.45, 7) is 2.14. The maximum Gasteiger partial charge on any atom is 0.242 e. The SMILES string of the molecule is Cc1ccc(CNS(=O)(=O)c2ccc(C#N)cc2Cl)cc1. The largest absolute Gasteiger partial charge is 0.242 e. The summed E-state index contributed by atoms with van der Waals surface area (Å²) in [7, 11) is -3.72. The predicted octanol–water partition coefficient (Wildman–Crippen LogP) is 3.00. The highest BCUT2D eigenvalue weighted by atomic mass is 35.5. The Bertz CT molecular complexity index is 793. The Kier molecular flexibility index (Phi) is 4.63. The summed E-state index contributed by atoms with van der Waals surface area (Å²) in [5.74, 6) is 0. The number of sulfonamides is 1. The number of rotatable bonds is 4. The summed E-state index contributed by atoms with van der Waals surface area (Å²) >= 11 is 5.92. The van der Waals surface area contributed by atoms with E-state index in [1.165, 1.54) is 18.2 Å². The molecule has 0 radical (unpaired) electrons. The Morgan fingerprint density at radius 3 is 2.43 bits per heavy atom. The molecule has 2 aromatic carbocycles. The number of aryl methyl sites for hydroxylation is 1. The lowest BCUT2D eigenvalue weighted by atomic mass is 10.2. The Balaban J connectivity index is 2.19. The van der Waals surface area contributed by atoms with Gasteiger partial charge < -0.3 is 0 Å². The molecule has 0 saturated carbocycles. The summed E-state index contributed by atoms with van der Waals surface area (Å²) in [4.78, 5) is -0.0321. The minimum Gasteiger partial charge on any atom is -0.207 e. The van der Waals surface area contributed by atoms with Crippen molar-refractivity contribution in [2.75, 3.05) is 0 Å². The summed E-state index contributed by atoms with van der Waals surface area (Å²) in [6, 6.07) is 13.5. The first-order valence-electron chi connectivity index (χ1n) is 6.17. The third-order valence-electron chi connectivity index (χ3n) is 2.94. The molecule has 0 bridgehead atoms. The average Bonchev–Trinajstić information content (AvgIpc) is 2.46. The molecule has 0 atom stereocenters. The molecule has 0 aliphatic heterocycles. The first kappa shape index (κ1) is 15.5. The number of hydrogen-bond donors (Lipinski definition) is 1. The number of nitriles is 1. The highest BCUT2D eigenvalue weighted by Crippen LogP contribution is 2.22. The molecule has 1 N–H and O–H groups in total. The van der Waals surface area contributed by atoms with Crippen molar-refractivity contribution in [3.63, 3.8) is 0 Å². The van der Waals surface area contributed by atoms with E-state index in [4.69, 9.17) is 16.9 Å². The van der Waals surface area contributed by atoms with Gasteiger partial charge in [0.1, 0.15) is 4.90 Å². The van der Waals surface area contributed by atoms with Crippen LogP contribution in [0.1, 0.15) is 16.7 Å². The zero-order chi connectivity index (χ0) is 15.5. The molecule has 2 aromatic rings. The van der Waals surface area contributed by atoms with Gasteiger partial charge in [-0.2, -0.15) is 5.26 Å². The van der Waals surface area contributed by atoms with Crippen molar-refractivity contribution in [1.82, 2.24) is 4.72 Å². The quantitative estimate of drug-likeness (QED) is 0.941. The predicted molar refractivity (Wildman–Crippen MR) is 81.4 cm³/mol. The van der Waals surface area contributed by atoms with Crippen LogP contribution in [0.15, 0.2) is 47.4 Å². The van der Waals surface area contributed by atoms with Crippen LogP contribution < -0.4 is 4.72 Å². The van der Waals surface area contributed by atoms with Crippen molar-refractivity contribution < 1.29 is 8.42 Å². The first-order valence-corrected chi connectivity index (χ1v) is 8.03. The highest BCUT2D eigenvalue weighted by Gasteiger charge is 2.17. The van der Waals surface area contributed by atoms with E-state index in [0.717, 1.165) is 11.1 Å². The summed E-state index contributed by atoms with van der Waals surface area (Å²) in [5.41, 5.74) is 2.28. The van der Waals surface area contributed by atoms with Crippen LogP contribution in [0.5, 0.6) is 0 Å². The number of hydrogen-bond acceptors (Lipinski definition) is 3. The van der Waals surface area contributed by atoms with E-state index in [9.17, 15) is 8.42 Å². The smallest absolute Gasteiger partial charge is 0.207 e. The Morgan fingerprint density at radius 1 is 1.19 bits per heavy atom. The monoisotopic (exact) mass is 320 g/mol. The van der Waals surface area contributed by atoms with E-state index in [0.29, 0.717) is 5.56 Å². The maximum absolute atomic E-state index is 12.2. The van der Waals surface area contributed by atoms with Gasteiger partial charge in [-0.1, -0.05) is 41.4 Å². The third-order valence-corrected chi connectivity index (χ3v) is 4.82. The van der Waals surface area contributed by atoms with Gasteiger partial charge in [-0.3, -0.25) is 0 Å². The minimum atomic E-state index is -3.72. The van der Waals surface area contributed by atoms with Crippen LogP contribution in [0, 0.1) is 18.3 Å². The first-order chi connectivity index (χ1) is 9.92. The normalized spacial score (nSPS) is 11.1. The van der Waals surface area contributed by atoms with Crippen LogP contribution >= 0.6 is 11.6 Å². The van der Waals surface area contributed by atoms with Crippen LogP contribution in [0.4, 0.5) is 0 Å². The van der Waals surface area contributed by atoms with E-state index in [1.807, 2.05) is 37.3 Å². The summed E-state index contributed by atoms with van der Waals surface area (Å²) in [5, 5.41) is 8.79. The lowest BCUT2D eigenvalue weighted by Crippen LogP contribution is -2.23. The van der Waals surface area contributed by atoms with E-state index < -0.39 is 10.0 Å². The molecule has 2 rings (SSSR count). The van der Waals surface area contributed by atoms with Gasteiger partial charge in [0, 0.05) is 6.54 Å². The Labute approximate surface area is 129 Å². The molecule has 0 spiro atoms. The zero-order valence-electron chi connectivity index (χ0n) is 11.3. The van der Waals surface area contributed by atoms with E-state index in [-0.39, 0.29) is 16.5 Å². The average molecular weight is 321 g/mol. The highest BCUT2D eigenvalue weighted by molar-refractivity contribution is 7.89. The molecular weight excluding hydrogens is 308 g/mol. The maximum atomic E-state index is 12.2. The standard InChI is InChI=1S/C15H13ClN2O2S/c1-11-2-4-12(5-3-11)10-18-21(19,20)15-7-6-13(9-17)8-14(15)16/h2-8,18H,10H2,1H3. The fourth-order valence-electron chi connectivity index (χ4n) is 1.75. The lowest BCUT2D eigenvalue weighted by Gasteiger charge is -2.09. The van der Waals surface area contributed by atoms with Crippen LogP contribution in [-0.2, 0) is 16.6 Å². The second-order valence-corrected chi connectivity index (χ2v) is 6.71. The number of nitrogens with one attached hydrogen (secondary N) is 1. The second-order valence-electron chi connectivity index (χ2n) is 4.57. The summed E-state index contributed by atoms with van der Waals surface area (Å²) in [6.07, 6.45) is 0. The van der Waals surface area contributed by atoms with Crippen molar-refractivity contribution in [2.45, 2.75) is 18.4 Å². The second kappa shape index (κ2) is 6.27. The van der Waals surface area contributed by atoms with Crippen molar-refractivity contribution in [3.8, 4) is 6.07 Å². The molecule has 6 heteroatoms. The van der Waals surface area contributed by atoms with Crippen LogP contribution in [0.2, 0.25) is 5.02 Å². The third kappa shape index (κ3) is 3.82. The molecule has 0 aromatic heterocycles. The lowest BCUT2D eigenvalue weighted by molar-refractivity contribution is 0.581. The van der Waals surface area contributed by atoms with E-state index >= 15 is 0 Å². The fourth-order valence-corrected chi connectivity index (χ4v) is 3.31. The van der Waals surface area contributed by atoms with Gasteiger partial charge in [0.05, 0.1) is 16.7 Å². The van der Waals surface area contributed by atoms with Gasteiger partial charge in [-0.15, -0.1) is 0 Å². The number of halogens is 1. The fraction of sp³-hybridized carbons (Fsp3) is 0.133. The molecule has 0 fully saturated rings. The van der Waals surface area contributed by atoms with Gasteiger partial charge in [0.15, 0.2) is 0 Å². The van der Waals surface area contributed by atoms with E-state index in [2.05, 4.69) is 4.72 Å². The zero-order valence-corrected chi connectivity index (χ0v) is 12.9. The molecule has 0 amide bonds. The van der Waals surface area contributed by atoms with Crippen LogP contribution in [0.25, 0.3) is 0 Å². The molecule has 0 unspecified atom stereocenters. The van der Waals surface area contributed by atoms with Crippen LogP contribution in [0.3, 0.4) is 0 Å². The van der Waals surface area contributed by atoms with Gasteiger partial charge in [0.2, 0.25) is 10.0 Å². The molecule has 108 valence electrons. The molecule has 0 aliphatic carbocycles. The molecule has 0 heterocycles. The van der Waals surface area contributed by atoms with Crippen molar-refractivity contribution in [2.24, 2.45) is 0 Å². The van der Waals surface area contributed by atoms with Gasteiger partial charge in [0.25, 0.3) is 0 Å². The Morgan fingerprint density at radius 2 is 1.86 bits per heavy atom. The molecule has 0 saturated heterocycles. The van der Waals surface area contributed by atoms with Crippen molar-refractivity contribution in [1.29, 1.82) is 5.26 Å². The van der Waals surface area contributed by atoms with E-state index in [1.54, 1.807) is 0 Å². The molecule has 4 nitrogen and oxygen atoms in total. The van der Waals surface area contributed by atoms with Gasteiger partial charge in [-0.25, -0.2) is 13.1 Å². The van der Waals surface area contributed by atoms with Crippen molar-refractivity contribution in [3.05, 3.63) is 64.2 Å². The number of nitrogens with zero attached hydrogens (tertiary/aromatic N) is 1. The van der Waals surface area contributed by atoms with Crippen LogP contribution in [-0.4, -0.2) is 8.42 Å². The Hall–Kier alpha value is -1.87. The number of benzene rings is 2. The minimum absolute atomic E-state index is 0.0321.